The maximum atomic E-state index is 5.68. The molecule has 96 valence electrons. The van der Waals surface area contributed by atoms with E-state index in [0.29, 0.717) is 5.88 Å². The van der Waals surface area contributed by atoms with Crippen LogP contribution < -0.4 is 0 Å². The molecule has 1 aromatic heterocycles. The molecule has 0 fully saturated rings. The van der Waals surface area contributed by atoms with E-state index >= 15 is 0 Å². The van der Waals surface area contributed by atoms with E-state index < -0.39 is 0 Å². The summed E-state index contributed by atoms with van der Waals surface area (Å²) in [6.45, 7) is 0. The monoisotopic (exact) mass is 282 g/mol. The van der Waals surface area contributed by atoms with Crippen LogP contribution in [-0.2, 0) is 11.2 Å². The van der Waals surface area contributed by atoms with E-state index in [2.05, 4.69) is 10.2 Å². The molecule has 3 nitrogen and oxygen atoms in total. The smallest absolute Gasteiger partial charge is 0.151 e. The van der Waals surface area contributed by atoms with Gasteiger partial charge in [0.25, 0.3) is 0 Å². The minimum Gasteiger partial charge on any atom is -0.369 e. The van der Waals surface area contributed by atoms with Crippen molar-refractivity contribution in [3.63, 3.8) is 0 Å². The van der Waals surface area contributed by atoms with Gasteiger partial charge in [0.2, 0.25) is 0 Å². The van der Waals surface area contributed by atoms with Crippen LogP contribution in [0.2, 0.25) is 0 Å². The number of nitrogens with zero attached hydrogens (tertiary/aromatic N) is 2. The lowest BCUT2D eigenvalue weighted by atomic mass is 10.1. The van der Waals surface area contributed by atoms with Crippen molar-refractivity contribution < 1.29 is 4.74 Å². The molecule has 0 aliphatic rings. The number of methoxy groups -OCH3 is 1. The minimum atomic E-state index is -0.131. The highest BCUT2D eigenvalue weighted by Crippen LogP contribution is 2.27. The lowest BCUT2D eigenvalue weighted by Crippen LogP contribution is -2.02. The number of benzene rings is 1. The molecule has 1 unspecified atom stereocenters. The van der Waals surface area contributed by atoms with Gasteiger partial charge in [-0.15, -0.1) is 21.8 Å². The van der Waals surface area contributed by atoms with Gasteiger partial charge in [0.05, 0.1) is 0 Å². The molecular formula is C13H15ClN2OS. The fraction of sp³-hybridized carbons (Fsp3) is 0.385. The molecule has 0 amide bonds. The molecule has 1 atom stereocenters. The van der Waals surface area contributed by atoms with Gasteiger partial charge in [-0.2, -0.15) is 0 Å². The lowest BCUT2D eigenvalue weighted by molar-refractivity contribution is 0.135. The van der Waals surface area contributed by atoms with Crippen LogP contribution in [0.4, 0.5) is 0 Å². The van der Waals surface area contributed by atoms with Gasteiger partial charge in [0.15, 0.2) is 5.01 Å². The summed E-state index contributed by atoms with van der Waals surface area (Å²) < 4.78 is 5.52. The zero-order valence-corrected chi connectivity index (χ0v) is 11.7. The van der Waals surface area contributed by atoms with Crippen molar-refractivity contribution in [2.45, 2.75) is 18.9 Å². The minimum absolute atomic E-state index is 0.131. The highest BCUT2D eigenvalue weighted by molar-refractivity contribution is 7.11. The first kappa shape index (κ1) is 13.5. The second kappa shape index (κ2) is 6.83. The summed E-state index contributed by atoms with van der Waals surface area (Å²) in [7, 11) is 1.69. The van der Waals surface area contributed by atoms with Gasteiger partial charge in [-0.05, 0) is 12.0 Å². The van der Waals surface area contributed by atoms with Crippen LogP contribution in [-0.4, -0.2) is 23.2 Å². The molecule has 0 bridgehead atoms. The first-order valence-electron chi connectivity index (χ1n) is 5.81. The van der Waals surface area contributed by atoms with E-state index in [1.807, 2.05) is 30.3 Å². The van der Waals surface area contributed by atoms with Crippen molar-refractivity contribution in [2.24, 2.45) is 0 Å². The summed E-state index contributed by atoms with van der Waals surface area (Å²) in [6.07, 6.45) is 1.68. The van der Waals surface area contributed by atoms with Crippen LogP contribution in [0.15, 0.2) is 30.3 Å². The molecular weight excluding hydrogens is 268 g/mol. The molecule has 0 spiro atoms. The van der Waals surface area contributed by atoms with Gasteiger partial charge < -0.3 is 4.74 Å². The van der Waals surface area contributed by atoms with Crippen molar-refractivity contribution in [2.75, 3.05) is 13.0 Å². The SMILES string of the molecule is COC(c1ccccc1)c1nnc(CCCCl)s1. The number of rotatable bonds is 6. The van der Waals surface area contributed by atoms with E-state index in [-0.39, 0.29) is 6.10 Å². The maximum absolute atomic E-state index is 5.68. The molecule has 2 aromatic rings. The standard InChI is InChI=1S/C13H15ClN2OS/c1-17-12(10-6-3-2-4-7-10)13-16-15-11(18-13)8-5-9-14/h2-4,6-7,12H,5,8-9H2,1H3. The number of alkyl halides is 1. The highest BCUT2D eigenvalue weighted by Gasteiger charge is 2.17. The molecule has 0 saturated carbocycles. The van der Waals surface area contributed by atoms with Gasteiger partial charge in [0, 0.05) is 19.4 Å². The van der Waals surface area contributed by atoms with Crippen LogP contribution in [0.1, 0.15) is 28.1 Å². The second-order valence-corrected chi connectivity index (χ2v) is 5.32. The Hall–Kier alpha value is -0.970. The largest absolute Gasteiger partial charge is 0.369 e. The molecule has 5 heteroatoms. The molecule has 1 aromatic carbocycles. The van der Waals surface area contributed by atoms with Crippen molar-refractivity contribution in [3.8, 4) is 0 Å². The quantitative estimate of drug-likeness (QED) is 0.761. The third-order valence-corrected chi connectivity index (χ3v) is 3.86. The molecule has 18 heavy (non-hydrogen) atoms. The van der Waals surface area contributed by atoms with Crippen molar-refractivity contribution in [1.29, 1.82) is 0 Å². The van der Waals surface area contributed by atoms with Gasteiger partial charge in [-0.3, -0.25) is 0 Å². The van der Waals surface area contributed by atoms with Crippen molar-refractivity contribution in [1.82, 2.24) is 10.2 Å². The summed E-state index contributed by atoms with van der Waals surface area (Å²) >= 11 is 7.27. The summed E-state index contributed by atoms with van der Waals surface area (Å²) in [5.74, 6) is 0.654. The van der Waals surface area contributed by atoms with Crippen LogP contribution in [0.5, 0.6) is 0 Å². The molecule has 0 aliphatic carbocycles. The van der Waals surface area contributed by atoms with E-state index in [4.69, 9.17) is 16.3 Å². The number of ether oxygens (including phenoxy) is 1. The Morgan fingerprint density at radius 2 is 2.06 bits per heavy atom. The third kappa shape index (κ3) is 3.28. The summed E-state index contributed by atoms with van der Waals surface area (Å²) in [4.78, 5) is 0. The normalized spacial score (nSPS) is 12.6. The average Bonchev–Trinajstić information content (AvgIpc) is 2.87. The summed E-state index contributed by atoms with van der Waals surface area (Å²) in [5.41, 5.74) is 1.10. The van der Waals surface area contributed by atoms with Crippen molar-refractivity contribution >= 4 is 22.9 Å². The molecule has 0 aliphatic heterocycles. The predicted molar refractivity (Wildman–Crippen MR) is 74.2 cm³/mol. The average molecular weight is 283 g/mol. The number of hydrogen-bond donors (Lipinski definition) is 0. The first-order valence-corrected chi connectivity index (χ1v) is 7.16. The van der Waals surface area contributed by atoms with Crippen LogP contribution in [0.3, 0.4) is 0 Å². The Kier molecular flexibility index (Phi) is 5.11. The molecule has 0 radical (unpaired) electrons. The molecule has 0 N–H and O–H groups in total. The summed E-state index contributed by atoms with van der Waals surface area (Å²) in [6, 6.07) is 10.1. The van der Waals surface area contributed by atoms with Crippen LogP contribution in [0.25, 0.3) is 0 Å². The van der Waals surface area contributed by atoms with E-state index in [1.54, 1.807) is 18.4 Å². The second-order valence-electron chi connectivity index (χ2n) is 3.85. The van der Waals surface area contributed by atoms with Gasteiger partial charge in [0.1, 0.15) is 11.1 Å². The number of halogens is 1. The van der Waals surface area contributed by atoms with Gasteiger partial charge >= 0.3 is 0 Å². The zero-order valence-electron chi connectivity index (χ0n) is 10.2. The topological polar surface area (TPSA) is 35.0 Å². The number of hydrogen-bond acceptors (Lipinski definition) is 4. The third-order valence-electron chi connectivity index (χ3n) is 2.57. The Bertz CT molecular complexity index is 475. The Morgan fingerprint density at radius 1 is 1.28 bits per heavy atom. The van der Waals surface area contributed by atoms with Gasteiger partial charge in [-0.1, -0.05) is 41.7 Å². The fourth-order valence-electron chi connectivity index (χ4n) is 1.70. The van der Waals surface area contributed by atoms with E-state index in [1.165, 1.54) is 0 Å². The fourth-order valence-corrected chi connectivity index (χ4v) is 2.82. The van der Waals surface area contributed by atoms with E-state index in [0.717, 1.165) is 28.4 Å². The first-order chi connectivity index (χ1) is 8.85. The zero-order chi connectivity index (χ0) is 12.8. The molecule has 1 heterocycles. The molecule has 2 rings (SSSR count). The van der Waals surface area contributed by atoms with Gasteiger partial charge in [-0.25, -0.2) is 0 Å². The maximum Gasteiger partial charge on any atom is 0.151 e. The van der Waals surface area contributed by atoms with Crippen molar-refractivity contribution in [3.05, 3.63) is 45.9 Å². The predicted octanol–water partition coefficient (Wildman–Crippen LogP) is 3.45. The van der Waals surface area contributed by atoms with Crippen LogP contribution in [0, 0.1) is 0 Å². The van der Waals surface area contributed by atoms with E-state index in [9.17, 15) is 0 Å². The highest BCUT2D eigenvalue weighted by atomic mass is 35.5. The van der Waals surface area contributed by atoms with Crippen LogP contribution >= 0.6 is 22.9 Å². The number of aryl methyl sites for hydroxylation is 1. The summed E-state index contributed by atoms with van der Waals surface area (Å²) in [5, 5.41) is 10.3. The molecule has 0 saturated heterocycles. The number of aromatic nitrogens is 2. The Morgan fingerprint density at radius 3 is 2.72 bits per heavy atom. The lowest BCUT2D eigenvalue weighted by Gasteiger charge is -2.11. The Labute approximate surface area is 116 Å². The Balaban J connectivity index is 2.15.